The van der Waals surface area contributed by atoms with Crippen molar-refractivity contribution < 1.29 is 9.13 Å². The number of rotatable bonds is 6. The third kappa shape index (κ3) is 4.06. The molecule has 8 heteroatoms. The van der Waals surface area contributed by atoms with Crippen LogP contribution in [0.4, 0.5) is 10.3 Å². The molecule has 0 spiro atoms. The number of halogens is 1. The van der Waals surface area contributed by atoms with Gasteiger partial charge in [0.25, 0.3) is 0 Å². The zero-order valence-corrected chi connectivity index (χ0v) is 15.1. The zero-order chi connectivity index (χ0) is 18.6. The number of anilines is 1. The lowest BCUT2D eigenvalue weighted by Gasteiger charge is -2.27. The van der Waals surface area contributed by atoms with Crippen LogP contribution in [0.1, 0.15) is 17.0 Å². The number of nitrogens with zero attached hydrogens (tertiary/aromatic N) is 5. The minimum atomic E-state index is -0.336. The molecular weight excluding hydrogens is 347 g/mol. The van der Waals surface area contributed by atoms with Gasteiger partial charge < -0.3 is 10.1 Å². The van der Waals surface area contributed by atoms with Gasteiger partial charge in [-0.1, -0.05) is 6.07 Å². The van der Waals surface area contributed by atoms with E-state index in [1.54, 1.807) is 30.6 Å². The summed E-state index contributed by atoms with van der Waals surface area (Å²) in [5, 5.41) is 7.83. The van der Waals surface area contributed by atoms with Crippen molar-refractivity contribution in [3.63, 3.8) is 0 Å². The highest BCUT2D eigenvalue weighted by Crippen LogP contribution is 2.21. The van der Waals surface area contributed by atoms with Gasteiger partial charge in [-0.05, 0) is 29.8 Å². The van der Waals surface area contributed by atoms with Crippen molar-refractivity contribution >= 4 is 5.95 Å². The number of nitrogens with one attached hydrogen (secondary N) is 1. The number of hydrogen-bond donors (Lipinski definition) is 1. The molecule has 1 aliphatic rings. The fourth-order valence-electron chi connectivity index (χ4n) is 3.22. The lowest BCUT2D eigenvalue weighted by Crippen LogP contribution is -2.33. The first-order valence-electron chi connectivity index (χ1n) is 8.82. The zero-order valence-electron chi connectivity index (χ0n) is 15.1. The number of ether oxygens (including phenoxy) is 1. The third-order valence-electron chi connectivity index (χ3n) is 4.54. The molecule has 0 unspecified atom stereocenters. The van der Waals surface area contributed by atoms with E-state index in [4.69, 9.17) is 4.74 Å². The van der Waals surface area contributed by atoms with E-state index in [1.165, 1.54) is 18.9 Å². The normalized spacial score (nSPS) is 14.0. The average molecular weight is 368 g/mol. The fraction of sp³-hybridized carbons (Fsp3) is 0.316. The highest BCUT2D eigenvalue weighted by atomic mass is 19.1. The van der Waals surface area contributed by atoms with Gasteiger partial charge in [-0.25, -0.2) is 14.4 Å². The quantitative estimate of drug-likeness (QED) is 0.721. The van der Waals surface area contributed by atoms with Crippen molar-refractivity contribution in [3.05, 3.63) is 65.5 Å². The Hall–Kier alpha value is -3.00. The van der Waals surface area contributed by atoms with Gasteiger partial charge in [-0.3, -0.25) is 9.58 Å². The van der Waals surface area contributed by atoms with Gasteiger partial charge in [0.05, 0.1) is 31.6 Å². The molecule has 1 aliphatic heterocycles. The van der Waals surface area contributed by atoms with Gasteiger partial charge >= 0.3 is 0 Å². The van der Waals surface area contributed by atoms with Crippen LogP contribution in [0.3, 0.4) is 0 Å². The predicted molar refractivity (Wildman–Crippen MR) is 98.7 cm³/mol. The summed E-state index contributed by atoms with van der Waals surface area (Å²) in [6.07, 6.45) is 3.41. The summed E-state index contributed by atoms with van der Waals surface area (Å²) in [7, 11) is 1.48. The Bertz CT molecular complexity index is 914. The summed E-state index contributed by atoms with van der Waals surface area (Å²) in [6, 6.07) is 8.91. The molecule has 1 aromatic carbocycles. The number of aromatic nitrogens is 4. The summed E-state index contributed by atoms with van der Waals surface area (Å²) in [5.74, 6) is 0.541. The van der Waals surface area contributed by atoms with Gasteiger partial charge in [0.2, 0.25) is 5.95 Å². The number of methoxy groups -OCH3 is 1. The molecule has 1 N–H and O–H groups in total. The molecule has 0 aliphatic carbocycles. The lowest BCUT2D eigenvalue weighted by molar-refractivity contribution is 0.205. The molecule has 2 aromatic heterocycles. The van der Waals surface area contributed by atoms with Crippen molar-refractivity contribution in [1.82, 2.24) is 24.6 Å². The van der Waals surface area contributed by atoms with E-state index in [1.807, 2.05) is 4.68 Å². The maximum atomic E-state index is 13.6. The highest BCUT2D eigenvalue weighted by Gasteiger charge is 2.19. The van der Waals surface area contributed by atoms with Crippen LogP contribution in [-0.4, -0.2) is 38.3 Å². The Balaban J connectivity index is 1.39. The van der Waals surface area contributed by atoms with Gasteiger partial charge in [0.15, 0.2) is 11.6 Å². The largest absolute Gasteiger partial charge is 0.494 e. The predicted octanol–water partition coefficient (Wildman–Crippen LogP) is 2.45. The molecule has 3 aromatic rings. The number of benzene rings is 1. The SMILES string of the molecule is COc1cc(CN2CCn3nc(CNc4ncccn4)cc3C2)ccc1F. The summed E-state index contributed by atoms with van der Waals surface area (Å²) in [6.45, 7) is 3.85. The minimum Gasteiger partial charge on any atom is -0.494 e. The fourth-order valence-corrected chi connectivity index (χ4v) is 3.22. The van der Waals surface area contributed by atoms with E-state index in [-0.39, 0.29) is 11.6 Å². The van der Waals surface area contributed by atoms with Crippen molar-refractivity contribution in [2.24, 2.45) is 0 Å². The van der Waals surface area contributed by atoms with Crippen LogP contribution >= 0.6 is 0 Å². The smallest absolute Gasteiger partial charge is 0.222 e. The first-order valence-corrected chi connectivity index (χ1v) is 8.82. The van der Waals surface area contributed by atoms with E-state index >= 15 is 0 Å². The topological polar surface area (TPSA) is 68.1 Å². The second-order valence-corrected chi connectivity index (χ2v) is 6.46. The van der Waals surface area contributed by atoms with Crippen LogP contribution in [-0.2, 0) is 26.2 Å². The average Bonchev–Trinajstić information content (AvgIpc) is 3.11. The first kappa shape index (κ1) is 17.4. The Morgan fingerprint density at radius 2 is 2.04 bits per heavy atom. The van der Waals surface area contributed by atoms with Crippen molar-refractivity contribution in [1.29, 1.82) is 0 Å². The molecule has 0 atom stereocenters. The van der Waals surface area contributed by atoms with E-state index in [0.29, 0.717) is 12.5 Å². The Morgan fingerprint density at radius 3 is 2.85 bits per heavy atom. The van der Waals surface area contributed by atoms with Crippen LogP contribution in [0.2, 0.25) is 0 Å². The maximum Gasteiger partial charge on any atom is 0.222 e. The van der Waals surface area contributed by atoms with Gasteiger partial charge in [-0.15, -0.1) is 0 Å². The molecule has 3 heterocycles. The Morgan fingerprint density at radius 1 is 1.19 bits per heavy atom. The third-order valence-corrected chi connectivity index (χ3v) is 4.54. The number of hydrogen-bond acceptors (Lipinski definition) is 6. The second kappa shape index (κ2) is 7.71. The molecule has 0 bridgehead atoms. The second-order valence-electron chi connectivity index (χ2n) is 6.46. The highest BCUT2D eigenvalue weighted by molar-refractivity contribution is 5.30. The van der Waals surface area contributed by atoms with Crippen LogP contribution in [0.15, 0.2) is 42.7 Å². The molecule has 140 valence electrons. The van der Waals surface area contributed by atoms with E-state index in [2.05, 4.69) is 31.3 Å². The molecule has 0 amide bonds. The number of fused-ring (bicyclic) bond motifs is 1. The van der Waals surface area contributed by atoms with E-state index in [0.717, 1.165) is 37.4 Å². The minimum absolute atomic E-state index is 0.283. The lowest BCUT2D eigenvalue weighted by atomic mass is 10.1. The van der Waals surface area contributed by atoms with Crippen LogP contribution in [0.25, 0.3) is 0 Å². The van der Waals surface area contributed by atoms with Crippen LogP contribution < -0.4 is 10.1 Å². The molecular formula is C19H21FN6O. The Kier molecular flexibility index (Phi) is 4.97. The van der Waals surface area contributed by atoms with Crippen molar-refractivity contribution in [2.75, 3.05) is 19.0 Å². The first-order chi connectivity index (χ1) is 13.2. The monoisotopic (exact) mass is 368 g/mol. The van der Waals surface area contributed by atoms with Gasteiger partial charge in [-0.2, -0.15) is 5.10 Å². The summed E-state index contributed by atoms with van der Waals surface area (Å²) >= 11 is 0. The van der Waals surface area contributed by atoms with Gasteiger partial charge in [0, 0.05) is 32.0 Å². The maximum absolute atomic E-state index is 13.6. The molecule has 0 saturated heterocycles. The molecule has 4 rings (SSSR count). The van der Waals surface area contributed by atoms with Crippen LogP contribution in [0.5, 0.6) is 5.75 Å². The molecule has 0 saturated carbocycles. The van der Waals surface area contributed by atoms with Crippen LogP contribution in [0, 0.1) is 5.82 Å². The summed E-state index contributed by atoms with van der Waals surface area (Å²) in [4.78, 5) is 10.6. The Labute approximate surface area is 156 Å². The summed E-state index contributed by atoms with van der Waals surface area (Å²) < 4.78 is 20.7. The standard InChI is InChI=1S/C19H21FN6O/c1-27-18-9-14(3-4-17(18)20)12-25-7-8-26-16(13-25)10-15(24-26)11-23-19-21-5-2-6-22-19/h2-6,9-10H,7-8,11-13H2,1H3,(H,21,22,23). The molecule has 0 radical (unpaired) electrons. The molecule has 27 heavy (non-hydrogen) atoms. The van der Waals surface area contributed by atoms with Gasteiger partial charge in [0.1, 0.15) is 0 Å². The molecule has 0 fully saturated rings. The summed E-state index contributed by atoms with van der Waals surface area (Å²) in [5.41, 5.74) is 3.16. The van der Waals surface area contributed by atoms with Crippen molar-refractivity contribution in [2.45, 2.75) is 26.2 Å². The van der Waals surface area contributed by atoms with Crippen molar-refractivity contribution in [3.8, 4) is 5.75 Å². The van der Waals surface area contributed by atoms with E-state index < -0.39 is 0 Å². The molecule has 7 nitrogen and oxygen atoms in total. The van der Waals surface area contributed by atoms with E-state index in [9.17, 15) is 4.39 Å².